The number of rotatable bonds is 17. The van der Waals surface area contributed by atoms with Gasteiger partial charge in [-0.15, -0.1) is 0 Å². The fraction of sp³-hybridized carbons (Fsp3) is 0.680. The fourth-order valence-corrected chi connectivity index (χ4v) is 3.53. The molecule has 0 saturated heterocycles. The minimum absolute atomic E-state index is 0.395. The van der Waals surface area contributed by atoms with Crippen LogP contribution >= 0.6 is 0 Å². The second-order valence-electron chi connectivity index (χ2n) is 7.68. The molecule has 0 amide bonds. The summed E-state index contributed by atoms with van der Waals surface area (Å²) < 4.78 is 0. The summed E-state index contributed by atoms with van der Waals surface area (Å²) in [6.07, 6.45) is 26.3. The predicted octanol–water partition coefficient (Wildman–Crippen LogP) is 8.36. The third-order valence-electron chi connectivity index (χ3n) is 5.15. The first-order chi connectivity index (χ1) is 12.8. The Balaban J connectivity index is 1.75. The Morgan fingerprint density at radius 3 is 1.77 bits per heavy atom. The average molecular weight is 359 g/mol. The van der Waals surface area contributed by atoms with Crippen molar-refractivity contribution in [2.75, 3.05) is 0 Å². The maximum atomic E-state index is 9.45. The van der Waals surface area contributed by atoms with Crippen LogP contribution in [-0.4, -0.2) is 5.11 Å². The lowest BCUT2D eigenvalue weighted by Crippen LogP contribution is -1.86. The Bertz CT molecular complexity index is 449. The maximum absolute atomic E-state index is 9.45. The molecule has 0 atom stereocenters. The van der Waals surface area contributed by atoms with E-state index in [-0.39, 0.29) is 0 Å². The van der Waals surface area contributed by atoms with E-state index in [1.165, 1.54) is 102 Å². The van der Waals surface area contributed by atoms with Crippen molar-refractivity contribution in [3.8, 4) is 5.75 Å². The number of hydrogen-bond acceptors (Lipinski definition) is 1. The normalized spacial score (nSPS) is 11.4. The van der Waals surface area contributed by atoms with Gasteiger partial charge in [0.05, 0.1) is 0 Å². The van der Waals surface area contributed by atoms with Crippen LogP contribution in [0.4, 0.5) is 0 Å². The van der Waals surface area contributed by atoms with E-state index in [9.17, 15) is 5.11 Å². The zero-order chi connectivity index (χ0) is 18.7. The number of allylic oxidation sites excluding steroid dienone is 2. The van der Waals surface area contributed by atoms with Crippen LogP contribution in [0.25, 0.3) is 0 Å². The van der Waals surface area contributed by atoms with Crippen molar-refractivity contribution in [3.05, 3.63) is 42.0 Å². The molecule has 0 aliphatic heterocycles. The lowest BCUT2D eigenvalue weighted by molar-refractivity contribution is 0.474. The Kier molecular flexibility index (Phi) is 15.1. The third kappa shape index (κ3) is 14.0. The van der Waals surface area contributed by atoms with Gasteiger partial charge in [0.15, 0.2) is 0 Å². The van der Waals surface area contributed by atoms with Crippen LogP contribution in [-0.2, 0) is 6.42 Å². The average Bonchev–Trinajstić information content (AvgIpc) is 2.64. The van der Waals surface area contributed by atoms with E-state index in [1.807, 2.05) is 12.1 Å². The number of aromatic hydroxyl groups is 1. The Morgan fingerprint density at radius 2 is 1.23 bits per heavy atom. The summed E-state index contributed by atoms with van der Waals surface area (Å²) >= 11 is 0. The van der Waals surface area contributed by atoms with Gasteiger partial charge in [-0.05, 0) is 49.8 Å². The molecular weight excluding hydrogens is 316 g/mol. The fourth-order valence-electron chi connectivity index (χ4n) is 3.53. The van der Waals surface area contributed by atoms with Gasteiger partial charge in [-0.3, -0.25) is 0 Å². The molecule has 1 aromatic carbocycles. The highest BCUT2D eigenvalue weighted by Crippen LogP contribution is 2.16. The Hall–Kier alpha value is -1.24. The molecular formula is C25H42O. The van der Waals surface area contributed by atoms with Crippen LogP contribution < -0.4 is 0 Å². The van der Waals surface area contributed by atoms with Crippen molar-refractivity contribution in [1.82, 2.24) is 0 Å². The summed E-state index contributed by atoms with van der Waals surface area (Å²) in [4.78, 5) is 0. The van der Waals surface area contributed by atoms with Crippen LogP contribution in [0.15, 0.2) is 36.4 Å². The molecule has 0 bridgehead atoms. The molecule has 0 aliphatic rings. The van der Waals surface area contributed by atoms with Crippen molar-refractivity contribution in [2.45, 2.75) is 110 Å². The summed E-state index contributed by atoms with van der Waals surface area (Å²) in [5.41, 5.74) is 1.27. The van der Waals surface area contributed by atoms with Gasteiger partial charge >= 0.3 is 0 Å². The van der Waals surface area contributed by atoms with E-state index >= 15 is 0 Å². The quantitative estimate of drug-likeness (QED) is 0.219. The zero-order valence-electron chi connectivity index (χ0n) is 17.2. The van der Waals surface area contributed by atoms with Gasteiger partial charge in [0, 0.05) is 0 Å². The van der Waals surface area contributed by atoms with E-state index in [0.717, 1.165) is 6.42 Å². The molecule has 1 rings (SSSR count). The van der Waals surface area contributed by atoms with Crippen LogP contribution in [0, 0.1) is 0 Å². The second kappa shape index (κ2) is 17.2. The van der Waals surface area contributed by atoms with Gasteiger partial charge < -0.3 is 5.11 Å². The van der Waals surface area contributed by atoms with Gasteiger partial charge in [0.1, 0.15) is 5.75 Å². The highest BCUT2D eigenvalue weighted by Gasteiger charge is 1.96. The molecule has 1 N–H and O–H groups in total. The molecule has 1 nitrogen and oxygen atoms in total. The van der Waals surface area contributed by atoms with Crippen LogP contribution in [0.5, 0.6) is 5.75 Å². The van der Waals surface area contributed by atoms with Crippen LogP contribution in [0.2, 0.25) is 0 Å². The minimum Gasteiger partial charge on any atom is -0.508 e. The van der Waals surface area contributed by atoms with E-state index in [2.05, 4.69) is 25.1 Å². The Labute approximate surface area is 162 Å². The molecule has 148 valence electrons. The molecule has 0 saturated carbocycles. The molecule has 26 heavy (non-hydrogen) atoms. The van der Waals surface area contributed by atoms with Crippen LogP contribution in [0.1, 0.15) is 109 Å². The molecule has 0 spiro atoms. The highest BCUT2D eigenvalue weighted by molar-refractivity contribution is 5.27. The van der Waals surface area contributed by atoms with Crippen molar-refractivity contribution in [2.24, 2.45) is 0 Å². The summed E-state index contributed by atoms with van der Waals surface area (Å²) in [6, 6.07) is 7.69. The first-order valence-electron chi connectivity index (χ1n) is 11.3. The summed E-state index contributed by atoms with van der Waals surface area (Å²) in [5, 5.41) is 9.45. The summed E-state index contributed by atoms with van der Waals surface area (Å²) in [5.74, 6) is 0.395. The topological polar surface area (TPSA) is 20.2 Å². The van der Waals surface area contributed by atoms with Crippen molar-refractivity contribution in [3.63, 3.8) is 0 Å². The van der Waals surface area contributed by atoms with Crippen LogP contribution in [0.3, 0.4) is 0 Å². The number of aryl methyl sites for hydroxylation is 1. The SMILES string of the molecule is CC/C=C/CCCCCCCCCCCCCCCc1cccc(O)c1. The first kappa shape index (κ1) is 22.8. The largest absolute Gasteiger partial charge is 0.508 e. The Morgan fingerprint density at radius 1 is 0.692 bits per heavy atom. The van der Waals surface area contributed by atoms with Gasteiger partial charge in [0.2, 0.25) is 0 Å². The first-order valence-corrected chi connectivity index (χ1v) is 11.3. The maximum Gasteiger partial charge on any atom is 0.115 e. The predicted molar refractivity (Wildman–Crippen MR) is 116 cm³/mol. The van der Waals surface area contributed by atoms with Crippen molar-refractivity contribution >= 4 is 0 Å². The summed E-state index contributed by atoms with van der Waals surface area (Å²) in [6.45, 7) is 2.20. The number of phenols is 1. The smallest absolute Gasteiger partial charge is 0.115 e. The van der Waals surface area contributed by atoms with E-state index in [0.29, 0.717) is 5.75 Å². The lowest BCUT2D eigenvalue weighted by atomic mass is 10.0. The van der Waals surface area contributed by atoms with Crippen molar-refractivity contribution < 1.29 is 5.11 Å². The molecule has 0 unspecified atom stereocenters. The zero-order valence-corrected chi connectivity index (χ0v) is 17.2. The monoisotopic (exact) mass is 358 g/mol. The molecule has 1 heteroatoms. The lowest BCUT2D eigenvalue weighted by Gasteiger charge is -2.04. The summed E-state index contributed by atoms with van der Waals surface area (Å²) in [7, 11) is 0. The molecule has 1 aromatic rings. The second-order valence-corrected chi connectivity index (χ2v) is 7.68. The van der Waals surface area contributed by atoms with Gasteiger partial charge in [0.25, 0.3) is 0 Å². The van der Waals surface area contributed by atoms with E-state index < -0.39 is 0 Å². The molecule has 0 heterocycles. The van der Waals surface area contributed by atoms with E-state index in [4.69, 9.17) is 0 Å². The number of benzene rings is 1. The third-order valence-corrected chi connectivity index (χ3v) is 5.15. The molecule has 0 aromatic heterocycles. The number of phenolic OH excluding ortho intramolecular Hbond substituents is 1. The van der Waals surface area contributed by atoms with E-state index in [1.54, 1.807) is 6.07 Å². The standard InChI is InChI=1S/C25H42O/c1-2-3-4-5-6-7-8-9-10-11-12-13-14-15-16-17-18-20-24-21-19-22-25(26)23-24/h3-4,19,21-23,26H,2,5-18,20H2,1H3/b4-3+. The number of unbranched alkanes of at least 4 members (excludes halogenated alkanes) is 13. The molecule has 0 radical (unpaired) electrons. The number of hydrogen-bond donors (Lipinski definition) is 1. The minimum atomic E-state index is 0.395. The molecule has 0 aliphatic carbocycles. The van der Waals surface area contributed by atoms with Gasteiger partial charge in [-0.1, -0.05) is 102 Å². The van der Waals surface area contributed by atoms with Crippen molar-refractivity contribution in [1.29, 1.82) is 0 Å². The molecule has 0 fully saturated rings. The van der Waals surface area contributed by atoms with Gasteiger partial charge in [-0.2, -0.15) is 0 Å². The van der Waals surface area contributed by atoms with Gasteiger partial charge in [-0.25, -0.2) is 0 Å². The highest BCUT2D eigenvalue weighted by atomic mass is 16.3.